The van der Waals surface area contributed by atoms with Gasteiger partial charge in [0.05, 0.1) is 16.1 Å². The number of nitrogens with zero attached hydrogens (tertiary/aromatic N) is 4. The highest BCUT2D eigenvalue weighted by atomic mass is 32.1. The summed E-state index contributed by atoms with van der Waals surface area (Å²) in [4.78, 5) is 31.5. The number of hydrogen-bond acceptors (Lipinski definition) is 4. The fourth-order valence-corrected chi connectivity index (χ4v) is 5.61. The minimum absolute atomic E-state index is 0.00116. The maximum Gasteiger partial charge on any atom is 0.257 e. The SMILES string of the molecule is O=C(c1cn(-c2ccccc2)nc1-c1cccs1)N1CCC(C(=O)N2CCCCCC2)CC1. The molecule has 6 nitrogen and oxygen atoms in total. The van der Waals surface area contributed by atoms with Crippen LogP contribution in [0.15, 0.2) is 54.0 Å². The zero-order valence-corrected chi connectivity index (χ0v) is 19.7. The van der Waals surface area contributed by atoms with Crippen molar-refractivity contribution < 1.29 is 9.59 Å². The van der Waals surface area contributed by atoms with Crippen molar-refractivity contribution in [2.45, 2.75) is 38.5 Å². The Hall–Kier alpha value is -2.93. The molecule has 33 heavy (non-hydrogen) atoms. The summed E-state index contributed by atoms with van der Waals surface area (Å²) in [7, 11) is 0. The fraction of sp³-hybridized carbons (Fsp3) is 0.423. The van der Waals surface area contributed by atoms with E-state index in [1.54, 1.807) is 16.0 Å². The summed E-state index contributed by atoms with van der Waals surface area (Å²) < 4.78 is 1.79. The summed E-state index contributed by atoms with van der Waals surface area (Å²) in [6, 6.07) is 13.9. The van der Waals surface area contributed by atoms with Crippen LogP contribution < -0.4 is 0 Å². The third-order valence-electron chi connectivity index (χ3n) is 6.77. The van der Waals surface area contributed by atoms with E-state index in [-0.39, 0.29) is 11.8 Å². The number of para-hydroxylation sites is 1. The topological polar surface area (TPSA) is 58.4 Å². The fourth-order valence-electron chi connectivity index (χ4n) is 4.89. The highest BCUT2D eigenvalue weighted by Gasteiger charge is 2.32. The van der Waals surface area contributed by atoms with E-state index in [9.17, 15) is 9.59 Å². The van der Waals surface area contributed by atoms with Gasteiger partial charge in [-0.2, -0.15) is 5.10 Å². The maximum atomic E-state index is 13.6. The van der Waals surface area contributed by atoms with Gasteiger partial charge in [-0.3, -0.25) is 9.59 Å². The van der Waals surface area contributed by atoms with Crippen molar-refractivity contribution in [3.05, 3.63) is 59.6 Å². The lowest BCUT2D eigenvalue weighted by Gasteiger charge is -2.34. The summed E-state index contributed by atoms with van der Waals surface area (Å²) in [5, 5.41) is 6.78. The second-order valence-electron chi connectivity index (χ2n) is 8.95. The Morgan fingerprint density at radius 3 is 2.24 bits per heavy atom. The van der Waals surface area contributed by atoms with Gasteiger partial charge in [0.15, 0.2) is 0 Å². The molecule has 172 valence electrons. The molecule has 0 spiro atoms. The molecular formula is C26H30N4O2S. The Bertz CT molecular complexity index is 1080. The van der Waals surface area contributed by atoms with Gasteiger partial charge in [-0.1, -0.05) is 37.1 Å². The van der Waals surface area contributed by atoms with Crippen LogP contribution in [0.5, 0.6) is 0 Å². The first-order valence-electron chi connectivity index (χ1n) is 12.0. The number of amides is 2. The van der Waals surface area contributed by atoms with Crippen molar-refractivity contribution in [1.82, 2.24) is 19.6 Å². The van der Waals surface area contributed by atoms with Crippen LogP contribution in [0.3, 0.4) is 0 Å². The zero-order valence-electron chi connectivity index (χ0n) is 18.9. The van der Waals surface area contributed by atoms with Crippen molar-refractivity contribution in [1.29, 1.82) is 0 Å². The third-order valence-corrected chi connectivity index (χ3v) is 7.65. The molecule has 3 aromatic rings. The van der Waals surface area contributed by atoms with E-state index in [1.165, 1.54) is 12.8 Å². The summed E-state index contributed by atoms with van der Waals surface area (Å²) in [5.74, 6) is 0.331. The molecule has 0 radical (unpaired) electrons. The summed E-state index contributed by atoms with van der Waals surface area (Å²) in [6.07, 6.45) is 7.99. The Labute approximate surface area is 198 Å². The van der Waals surface area contributed by atoms with Gasteiger partial charge < -0.3 is 9.80 Å². The van der Waals surface area contributed by atoms with Gasteiger partial charge in [-0.05, 0) is 49.3 Å². The number of rotatable bonds is 4. The Balaban J connectivity index is 1.32. The largest absolute Gasteiger partial charge is 0.342 e. The molecular weight excluding hydrogens is 432 g/mol. The molecule has 0 aliphatic carbocycles. The predicted octanol–water partition coefficient (Wildman–Crippen LogP) is 4.86. The van der Waals surface area contributed by atoms with Crippen molar-refractivity contribution >= 4 is 23.2 Å². The van der Waals surface area contributed by atoms with Gasteiger partial charge in [-0.25, -0.2) is 4.68 Å². The van der Waals surface area contributed by atoms with E-state index < -0.39 is 0 Å². The second kappa shape index (κ2) is 9.91. The van der Waals surface area contributed by atoms with Crippen LogP contribution in [0.1, 0.15) is 48.9 Å². The summed E-state index contributed by atoms with van der Waals surface area (Å²) >= 11 is 1.59. The summed E-state index contributed by atoms with van der Waals surface area (Å²) in [6.45, 7) is 3.01. The number of aromatic nitrogens is 2. The van der Waals surface area contributed by atoms with Crippen LogP contribution in [0, 0.1) is 5.92 Å². The smallest absolute Gasteiger partial charge is 0.257 e. The number of hydrogen-bond donors (Lipinski definition) is 0. The molecule has 7 heteroatoms. The second-order valence-corrected chi connectivity index (χ2v) is 9.90. The zero-order chi connectivity index (χ0) is 22.6. The van der Waals surface area contributed by atoms with Crippen molar-refractivity contribution in [2.75, 3.05) is 26.2 Å². The molecule has 2 aliphatic heterocycles. The molecule has 2 fully saturated rings. The Morgan fingerprint density at radius 1 is 0.848 bits per heavy atom. The molecule has 0 saturated carbocycles. The van der Waals surface area contributed by atoms with E-state index >= 15 is 0 Å². The molecule has 0 atom stereocenters. The van der Waals surface area contributed by atoms with Crippen molar-refractivity contribution in [2.24, 2.45) is 5.92 Å². The average Bonchev–Trinajstić information content (AvgIpc) is 3.48. The third kappa shape index (κ3) is 4.74. The molecule has 2 aromatic heterocycles. The molecule has 2 aliphatic rings. The van der Waals surface area contributed by atoms with Crippen LogP contribution in [0.25, 0.3) is 16.3 Å². The van der Waals surface area contributed by atoms with Gasteiger partial charge in [0.25, 0.3) is 5.91 Å². The molecule has 2 saturated heterocycles. The quantitative estimate of drug-likeness (QED) is 0.557. The highest BCUT2D eigenvalue weighted by Crippen LogP contribution is 2.30. The van der Waals surface area contributed by atoms with Crippen LogP contribution in [-0.2, 0) is 4.79 Å². The van der Waals surface area contributed by atoms with Crippen LogP contribution in [0.2, 0.25) is 0 Å². The lowest BCUT2D eigenvalue weighted by molar-refractivity contribution is -0.136. The monoisotopic (exact) mass is 462 g/mol. The van der Waals surface area contributed by atoms with Crippen LogP contribution in [-0.4, -0.2) is 57.6 Å². The standard InChI is InChI=1S/C26H30N4O2S/c31-25(28-14-6-1-2-7-15-28)20-12-16-29(17-13-20)26(32)22-19-30(21-9-4-3-5-10-21)27-24(22)23-11-8-18-33-23/h3-5,8-11,18-20H,1-2,6-7,12-17H2. The van der Waals surface area contributed by atoms with Gasteiger partial charge in [0, 0.05) is 38.3 Å². The van der Waals surface area contributed by atoms with Crippen molar-refractivity contribution in [3.63, 3.8) is 0 Å². The molecule has 1 aromatic carbocycles. The molecule has 0 bridgehead atoms. The minimum atomic E-state index is 0.00116. The van der Waals surface area contributed by atoms with E-state index in [2.05, 4.69) is 4.90 Å². The number of likely N-dealkylation sites (tertiary alicyclic amines) is 2. The maximum absolute atomic E-state index is 13.6. The highest BCUT2D eigenvalue weighted by molar-refractivity contribution is 7.13. The van der Waals surface area contributed by atoms with Crippen molar-refractivity contribution in [3.8, 4) is 16.3 Å². The lowest BCUT2D eigenvalue weighted by Crippen LogP contribution is -2.44. The number of carbonyl (C=O) groups is 2. The van der Waals surface area contributed by atoms with Gasteiger partial charge >= 0.3 is 0 Å². The van der Waals surface area contributed by atoms with E-state index in [1.807, 2.05) is 58.9 Å². The minimum Gasteiger partial charge on any atom is -0.342 e. The number of thiophene rings is 1. The van der Waals surface area contributed by atoms with Gasteiger partial charge in [0.2, 0.25) is 5.91 Å². The summed E-state index contributed by atoms with van der Waals surface area (Å²) in [5.41, 5.74) is 2.27. The van der Waals surface area contributed by atoms with Crippen LogP contribution in [0.4, 0.5) is 0 Å². The van der Waals surface area contributed by atoms with E-state index in [0.717, 1.165) is 55.0 Å². The Morgan fingerprint density at radius 2 is 1.58 bits per heavy atom. The first-order valence-corrected chi connectivity index (χ1v) is 12.9. The predicted molar refractivity (Wildman–Crippen MR) is 131 cm³/mol. The first kappa shape index (κ1) is 21.9. The number of benzene rings is 1. The lowest BCUT2D eigenvalue weighted by atomic mass is 9.94. The number of piperidine rings is 1. The van der Waals surface area contributed by atoms with Gasteiger partial charge in [0.1, 0.15) is 5.69 Å². The molecule has 0 N–H and O–H groups in total. The first-order chi connectivity index (χ1) is 16.2. The van der Waals surface area contributed by atoms with E-state index in [0.29, 0.717) is 24.6 Å². The normalized spacial score (nSPS) is 17.7. The molecule has 2 amide bonds. The van der Waals surface area contributed by atoms with Crippen LogP contribution >= 0.6 is 11.3 Å². The Kier molecular flexibility index (Phi) is 6.58. The van der Waals surface area contributed by atoms with E-state index in [4.69, 9.17) is 5.10 Å². The molecule has 5 rings (SSSR count). The average molecular weight is 463 g/mol. The number of carbonyl (C=O) groups excluding carboxylic acids is 2. The molecule has 4 heterocycles. The molecule has 0 unspecified atom stereocenters. The van der Waals surface area contributed by atoms with Gasteiger partial charge in [-0.15, -0.1) is 11.3 Å².